The van der Waals surface area contributed by atoms with Crippen molar-refractivity contribution in [1.29, 1.82) is 0 Å². The lowest BCUT2D eigenvalue weighted by Gasteiger charge is -2.10. The Morgan fingerprint density at radius 1 is 1.60 bits per heavy atom. The smallest absolute Gasteiger partial charge is 0.251 e. The molecule has 4 heteroatoms. The van der Waals surface area contributed by atoms with E-state index in [4.69, 9.17) is 5.73 Å². The third-order valence-electron chi connectivity index (χ3n) is 2.10. The minimum Gasteiger partial charge on any atom is -0.352 e. The summed E-state index contributed by atoms with van der Waals surface area (Å²) in [4.78, 5) is 11.6. The van der Waals surface area contributed by atoms with Crippen molar-refractivity contribution in [3.63, 3.8) is 0 Å². The van der Waals surface area contributed by atoms with Gasteiger partial charge in [0.1, 0.15) is 0 Å². The second kappa shape index (κ2) is 5.88. The first-order valence-electron chi connectivity index (χ1n) is 4.87. The van der Waals surface area contributed by atoms with E-state index in [-0.39, 0.29) is 5.91 Å². The van der Waals surface area contributed by atoms with Gasteiger partial charge in [-0.15, -0.1) is 0 Å². The van der Waals surface area contributed by atoms with E-state index in [0.29, 0.717) is 24.6 Å². The van der Waals surface area contributed by atoms with Gasteiger partial charge in [-0.2, -0.15) is 0 Å². The van der Waals surface area contributed by atoms with E-state index in [1.54, 1.807) is 12.1 Å². The zero-order chi connectivity index (χ0) is 11.3. The molecule has 1 amide bonds. The van der Waals surface area contributed by atoms with Crippen LogP contribution in [-0.4, -0.2) is 19.0 Å². The van der Waals surface area contributed by atoms with Crippen molar-refractivity contribution in [3.05, 3.63) is 34.3 Å². The van der Waals surface area contributed by atoms with Crippen LogP contribution in [0.3, 0.4) is 0 Å². The Morgan fingerprint density at radius 2 is 2.33 bits per heavy atom. The lowest BCUT2D eigenvalue weighted by Crippen LogP contribution is -2.31. The molecule has 1 rings (SSSR count). The maximum Gasteiger partial charge on any atom is 0.251 e. The van der Waals surface area contributed by atoms with Crippen LogP contribution in [0, 0.1) is 5.92 Å². The SMILES string of the molecule is CC(CN)CNC(=O)c1cccc(Br)c1. The molecule has 1 unspecified atom stereocenters. The first-order chi connectivity index (χ1) is 7.13. The minimum atomic E-state index is -0.0587. The van der Waals surface area contributed by atoms with Gasteiger partial charge in [0.2, 0.25) is 0 Å². The number of rotatable bonds is 4. The Morgan fingerprint density at radius 3 is 2.93 bits per heavy atom. The van der Waals surface area contributed by atoms with Gasteiger partial charge in [-0.3, -0.25) is 4.79 Å². The predicted octanol–water partition coefficient (Wildman–Crippen LogP) is 1.77. The molecule has 0 bridgehead atoms. The van der Waals surface area contributed by atoms with Crippen molar-refractivity contribution in [3.8, 4) is 0 Å². The zero-order valence-corrected chi connectivity index (χ0v) is 10.3. The van der Waals surface area contributed by atoms with E-state index in [0.717, 1.165) is 4.47 Å². The molecule has 82 valence electrons. The number of benzene rings is 1. The topological polar surface area (TPSA) is 55.1 Å². The molecule has 3 N–H and O–H groups in total. The molecule has 0 saturated heterocycles. The third-order valence-corrected chi connectivity index (χ3v) is 2.59. The lowest BCUT2D eigenvalue weighted by atomic mass is 10.1. The molecular formula is C11H15BrN2O. The molecule has 0 aromatic heterocycles. The van der Waals surface area contributed by atoms with Gasteiger partial charge < -0.3 is 11.1 Å². The highest BCUT2D eigenvalue weighted by Gasteiger charge is 2.06. The van der Waals surface area contributed by atoms with Gasteiger partial charge in [0.05, 0.1) is 0 Å². The van der Waals surface area contributed by atoms with Gasteiger partial charge in [-0.1, -0.05) is 28.9 Å². The van der Waals surface area contributed by atoms with Crippen molar-refractivity contribution in [2.24, 2.45) is 11.7 Å². The minimum absolute atomic E-state index is 0.0587. The highest BCUT2D eigenvalue weighted by atomic mass is 79.9. The quantitative estimate of drug-likeness (QED) is 0.877. The van der Waals surface area contributed by atoms with Crippen molar-refractivity contribution < 1.29 is 4.79 Å². The van der Waals surface area contributed by atoms with Crippen LogP contribution in [0.15, 0.2) is 28.7 Å². The van der Waals surface area contributed by atoms with Crippen molar-refractivity contribution in [1.82, 2.24) is 5.32 Å². The molecule has 0 aliphatic rings. The van der Waals surface area contributed by atoms with Crippen LogP contribution in [0.25, 0.3) is 0 Å². The summed E-state index contributed by atoms with van der Waals surface area (Å²) in [6.45, 7) is 3.20. The van der Waals surface area contributed by atoms with Crippen molar-refractivity contribution in [2.45, 2.75) is 6.92 Å². The first-order valence-corrected chi connectivity index (χ1v) is 5.66. The van der Waals surface area contributed by atoms with E-state index in [1.165, 1.54) is 0 Å². The summed E-state index contributed by atoms with van der Waals surface area (Å²) in [7, 11) is 0. The molecule has 0 aliphatic carbocycles. The molecule has 0 spiro atoms. The maximum atomic E-state index is 11.6. The molecule has 0 aliphatic heterocycles. The van der Waals surface area contributed by atoms with E-state index >= 15 is 0 Å². The molecule has 1 aromatic rings. The highest BCUT2D eigenvalue weighted by Crippen LogP contribution is 2.11. The largest absolute Gasteiger partial charge is 0.352 e. The molecule has 3 nitrogen and oxygen atoms in total. The third kappa shape index (κ3) is 4.01. The second-order valence-corrected chi connectivity index (χ2v) is 4.48. The summed E-state index contributed by atoms with van der Waals surface area (Å²) < 4.78 is 0.905. The Hall–Kier alpha value is -0.870. The molecule has 0 radical (unpaired) electrons. The average molecular weight is 271 g/mol. The molecular weight excluding hydrogens is 256 g/mol. The number of carbonyl (C=O) groups is 1. The summed E-state index contributed by atoms with van der Waals surface area (Å²) in [5.41, 5.74) is 6.12. The Balaban J connectivity index is 2.54. The van der Waals surface area contributed by atoms with Gasteiger partial charge in [0.15, 0.2) is 0 Å². The fourth-order valence-electron chi connectivity index (χ4n) is 1.08. The number of nitrogens with two attached hydrogens (primary N) is 1. The fraction of sp³-hybridized carbons (Fsp3) is 0.364. The van der Waals surface area contributed by atoms with Crippen LogP contribution in [0.4, 0.5) is 0 Å². The Labute approximate surface area is 98.2 Å². The molecule has 0 saturated carbocycles. The number of hydrogen-bond donors (Lipinski definition) is 2. The van der Waals surface area contributed by atoms with Crippen molar-refractivity contribution >= 4 is 21.8 Å². The summed E-state index contributed by atoms with van der Waals surface area (Å²) in [6, 6.07) is 7.31. The highest BCUT2D eigenvalue weighted by molar-refractivity contribution is 9.10. The number of carbonyl (C=O) groups excluding carboxylic acids is 1. The summed E-state index contributed by atoms with van der Waals surface area (Å²) in [5.74, 6) is 0.248. The fourth-order valence-corrected chi connectivity index (χ4v) is 1.48. The van der Waals surface area contributed by atoms with E-state index in [2.05, 4.69) is 21.2 Å². The number of amides is 1. The zero-order valence-electron chi connectivity index (χ0n) is 8.66. The van der Waals surface area contributed by atoms with Gasteiger partial charge >= 0.3 is 0 Å². The second-order valence-electron chi connectivity index (χ2n) is 3.56. The van der Waals surface area contributed by atoms with E-state index in [1.807, 2.05) is 19.1 Å². The first kappa shape index (κ1) is 12.2. The monoisotopic (exact) mass is 270 g/mol. The Kier molecular flexibility index (Phi) is 4.78. The van der Waals surface area contributed by atoms with Crippen LogP contribution in [0.5, 0.6) is 0 Å². The van der Waals surface area contributed by atoms with E-state index < -0.39 is 0 Å². The van der Waals surface area contributed by atoms with Gasteiger partial charge in [-0.05, 0) is 30.7 Å². The molecule has 15 heavy (non-hydrogen) atoms. The molecule has 1 atom stereocenters. The van der Waals surface area contributed by atoms with Gasteiger partial charge in [0.25, 0.3) is 5.91 Å². The number of halogens is 1. The van der Waals surface area contributed by atoms with Crippen LogP contribution in [-0.2, 0) is 0 Å². The van der Waals surface area contributed by atoms with Gasteiger partial charge in [0, 0.05) is 16.6 Å². The number of hydrogen-bond acceptors (Lipinski definition) is 2. The van der Waals surface area contributed by atoms with Crippen LogP contribution < -0.4 is 11.1 Å². The average Bonchev–Trinajstić information content (AvgIpc) is 2.25. The molecule has 1 aromatic carbocycles. The van der Waals surface area contributed by atoms with Crippen molar-refractivity contribution in [2.75, 3.05) is 13.1 Å². The predicted molar refractivity (Wildman–Crippen MR) is 64.7 cm³/mol. The van der Waals surface area contributed by atoms with Crippen LogP contribution >= 0.6 is 15.9 Å². The lowest BCUT2D eigenvalue weighted by molar-refractivity contribution is 0.0948. The standard InChI is InChI=1S/C11H15BrN2O/c1-8(6-13)7-14-11(15)9-3-2-4-10(12)5-9/h2-5,8H,6-7,13H2,1H3,(H,14,15). The molecule has 0 fully saturated rings. The van der Waals surface area contributed by atoms with Crippen LogP contribution in [0.1, 0.15) is 17.3 Å². The summed E-state index contributed by atoms with van der Waals surface area (Å²) in [5, 5.41) is 2.84. The normalized spacial score (nSPS) is 12.2. The maximum absolute atomic E-state index is 11.6. The van der Waals surface area contributed by atoms with Crippen LogP contribution in [0.2, 0.25) is 0 Å². The summed E-state index contributed by atoms with van der Waals surface area (Å²) >= 11 is 3.32. The van der Waals surface area contributed by atoms with Gasteiger partial charge in [-0.25, -0.2) is 0 Å². The number of nitrogens with one attached hydrogen (secondary N) is 1. The molecule has 0 heterocycles. The Bertz CT molecular complexity index is 341. The van der Waals surface area contributed by atoms with E-state index in [9.17, 15) is 4.79 Å². The summed E-state index contributed by atoms with van der Waals surface area (Å²) in [6.07, 6.45) is 0.